The first-order valence-corrected chi connectivity index (χ1v) is 8.11. The first-order chi connectivity index (χ1) is 8.59. The molecule has 18 heavy (non-hydrogen) atoms. The lowest BCUT2D eigenvalue weighted by Gasteiger charge is -2.40. The van der Waals surface area contributed by atoms with Crippen LogP contribution in [-0.4, -0.2) is 30.1 Å². The first kappa shape index (κ1) is 16.0. The summed E-state index contributed by atoms with van der Waals surface area (Å²) in [6, 6.07) is 0. The summed E-state index contributed by atoms with van der Waals surface area (Å²) in [5.41, 5.74) is 6.75. The van der Waals surface area contributed by atoms with Crippen LogP contribution in [0.4, 0.5) is 0 Å². The van der Waals surface area contributed by atoms with Crippen LogP contribution in [0, 0.1) is 5.92 Å². The van der Waals surface area contributed by atoms with E-state index in [1.54, 1.807) is 0 Å². The predicted molar refractivity (Wildman–Crippen MR) is 80.8 cm³/mol. The number of rotatable bonds is 8. The minimum atomic E-state index is 0.0964. The second kappa shape index (κ2) is 8.16. The lowest BCUT2D eigenvalue weighted by atomic mass is 9.76. The highest BCUT2D eigenvalue weighted by atomic mass is 15.1. The van der Waals surface area contributed by atoms with Gasteiger partial charge in [-0.25, -0.2) is 0 Å². The third-order valence-corrected chi connectivity index (χ3v) is 4.32. The summed E-state index contributed by atoms with van der Waals surface area (Å²) in [7, 11) is 0. The summed E-state index contributed by atoms with van der Waals surface area (Å²) in [6.07, 6.45) is 10.4. The summed E-state index contributed by atoms with van der Waals surface area (Å²) in [6.45, 7) is 10.5. The van der Waals surface area contributed by atoms with Crippen molar-refractivity contribution in [2.75, 3.05) is 19.6 Å². The molecule has 2 atom stereocenters. The van der Waals surface area contributed by atoms with Gasteiger partial charge < -0.3 is 10.6 Å². The fourth-order valence-corrected chi connectivity index (χ4v) is 3.32. The average Bonchev–Trinajstić information content (AvgIpc) is 2.32. The van der Waals surface area contributed by atoms with Crippen molar-refractivity contribution in [2.24, 2.45) is 11.7 Å². The van der Waals surface area contributed by atoms with Gasteiger partial charge in [0.1, 0.15) is 0 Å². The Balaban J connectivity index is 2.45. The lowest BCUT2D eigenvalue weighted by molar-refractivity contribution is 0.147. The summed E-state index contributed by atoms with van der Waals surface area (Å²) >= 11 is 0. The lowest BCUT2D eigenvalue weighted by Crippen LogP contribution is -2.53. The van der Waals surface area contributed by atoms with Crippen molar-refractivity contribution in [3.05, 3.63) is 0 Å². The highest BCUT2D eigenvalue weighted by Crippen LogP contribution is 2.31. The van der Waals surface area contributed by atoms with Gasteiger partial charge in [0.05, 0.1) is 0 Å². The predicted octanol–water partition coefficient (Wildman–Crippen LogP) is 3.80. The molecule has 0 spiro atoms. The SMILES string of the molecule is CCCCN(CCCC)CC1(N)CCCC(C)C1. The van der Waals surface area contributed by atoms with Crippen LogP contribution in [0.15, 0.2) is 0 Å². The Morgan fingerprint density at radius 3 is 2.28 bits per heavy atom. The van der Waals surface area contributed by atoms with E-state index >= 15 is 0 Å². The van der Waals surface area contributed by atoms with E-state index in [2.05, 4.69) is 25.7 Å². The average molecular weight is 254 g/mol. The van der Waals surface area contributed by atoms with Gasteiger partial charge in [-0.3, -0.25) is 0 Å². The molecule has 2 N–H and O–H groups in total. The van der Waals surface area contributed by atoms with Gasteiger partial charge in [0, 0.05) is 12.1 Å². The van der Waals surface area contributed by atoms with Crippen LogP contribution in [0.5, 0.6) is 0 Å². The van der Waals surface area contributed by atoms with E-state index in [9.17, 15) is 0 Å². The minimum Gasteiger partial charge on any atom is -0.324 e. The van der Waals surface area contributed by atoms with Crippen LogP contribution < -0.4 is 5.73 Å². The molecule has 1 aliphatic rings. The third kappa shape index (κ3) is 5.71. The summed E-state index contributed by atoms with van der Waals surface area (Å²) in [5, 5.41) is 0. The molecule has 0 bridgehead atoms. The molecule has 2 heteroatoms. The molecular formula is C16H34N2. The molecule has 0 aromatic rings. The van der Waals surface area contributed by atoms with Crippen LogP contribution in [0.2, 0.25) is 0 Å². The molecule has 0 aliphatic heterocycles. The Hall–Kier alpha value is -0.0800. The third-order valence-electron chi connectivity index (χ3n) is 4.32. The molecule has 2 nitrogen and oxygen atoms in total. The Labute approximate surface area is 114 Å². The zero-order chi connectivity index (χ0) is 13.4. The van der Waals surface area contributed by atoms with Gasteiger partial charge in [-0.1, -0.05) is 46.5 Å². The number of hydrogen-bond donors (Lipinski definition) is 1. The monoisotopic (exact) mass is 254 g/mol. The van der Waals surface area contributed by atoms with Gasteiger partial charge >= 0.3 is 0 Å². The molecule has 1 fully saturated rings. The molecule has 2 unspecified atom stereocenters. The Morgan fingerprint density at radius 1 is 1.17 bits per heavy atom. The van der Waals surface area contributed by atoms with E-state index in [-0.39, 0.29) is 5.54 Å². The van der Waals surface area contributed by atoms with Gasteiger partial charge in [0.2, 0.25) is 0 Å². The van der Waals surface area contributed by atoms with E-state index in [1.165, 1.54) is 64.5 Å². The minimum absolute atomic E-state index is 0.0964. The first-order valence-electron chi connectivity index (χ1n) is 8.11. The van der Waals surface area contributed by atoms with Crippen LogP contribution in [0.1, 0.15) is 72.1 Å². The Kier molecular flexibility index (Phi) is 7.25. The van der Waals surface area contributed by atoms with Crippen molar-refractivity contribution in [1.82, 2.24) is 4.90 Å². The summed E-state index contributed by atoms with van der Waals surface area (Å²) < 4.78 is 0. The molecule has 1 saturated carbocycles. The highest BCUT2D eigenvalue weighted by Gasteiger charge is 2.32. The smallest absolute Gasteiger partial charge is 0.0285 e. The van der Waals surface area contributed by atoms with Gasteiger partial charge in [-0.05, 0) is 44.7 Å². The van der Waals surface area contributed by atoms with Crippen molar-refractivity contribution in [2.45, 2.75) is 77.7 Å². The molecule has 0 aromatic carbocycles. The molecule has 108 valence electrons. The van der Waals surface area contributed by atoms with Crippen molar-refractivity contribution in [3.8, 4) is 0 Å². The molecule has 0 amide bonds. The maximum Gasteiger partial charge on any atom is 0.0285 e. The molecule has 0 radical (unpaired) electrons. The standard InChI is InChI=1S/C16H34N2/c1-4-6-11-18(12-7-5-2)14-16(17)10-8-9-15(3)13-16/h15H,4-14,17H2,1-3H3. The van der Waals surface area contributed by atoms with Gasteiger partial charge in [0.25, 0.3) is 0 Å². The molecule has 0 heterocycles. The Morgan fingerprint density at radius 2 is 1.78 bits per heavy atom. The fraction of sp³-hybridized carbons (Fsp3) is 1.00. The van der Waals surface area contributed by atoms with Crippen LogP contribution in [0.3, 0.4) is 0 Å². The molecule has 0 aromatic heterocycles. The van der Waals surface area contributed by atoms with E-state index in [0.717, 1.165) is 12.5 Å². The van der Waals surface area contributed by atoms with Crippen LogP contribution in [0.25, 0.3) is 0 Å². The zero-order valence-electron chi connectivity index (χ0n) is 12.9. The number of nitrogens with two attached hydrogens (primary N) is 1. The quantitative estimate of drug-likeness (QED) is 0.714. The van der Waals surface area contributed by atoms with E-state index < -0.39 is 0 Å². The van der Waals surface area contributed by atoms with Gasteiger partial charge in [0.15, 0.2) is 0 Å². The topological polar surface area (TPSA) is 29.3 Å². The van der Waals surface area contributed by atoms with Crippen LogP contribution >= 0.6 is 0 Å². The number of unbranched alkanes of at least 4 members (excludes halogenated alkanes) is 2. The zero-order valence-corrected chi connectivity index (χ0v) is 12.9. The van der Waals surface area contributed by atoms with Gasteiger partial charge in [-0.15, -0.1) is 0 Å². The van der Waals surface area contributed by atoms with E-state index in [4.69, 9.17) is 5.73 Å². The largest absolute Gasteiger partial charge is 0.324 e. The second-order valence-corrected chi connectivity index (χ2v) is 6.55. The normalized spacial score (nSPS) is 28.8. The van der Waals surface area contributed by atoms with Crippen molar-refractivity contribution < 1.29 is 0 Å². The molecule has 1 rings (SSSR count). The van der Waals surface area contributed by atoms with Gasteiger partial charge in [-0.2, -0.15) is 0 Å². The van der Waals surface area contributed by atoms with Crippen molar-refractivity contribution >= 4 is 0 Å². The maximum absolute atomic E-state index is 6.65. The summed E-state index contributed by atoms with van der Waals surface area (Å²) in [4.78, 5) is 2.63. The summed E-state index contributed by atoms with van der Waals surface area (Å²) in [5.74, 6) is 0.822. The second-order valence-electron chi connectivity index (χ2n) is 6.55. The number of hydrogen-bond acceptors (Lipinski definition) is 2. The Bertz CT molecular complexity index is 209. The van der Waals surface area contributed by atoms with Crippen molar-refractivity contribution in [1.29, 1.82) is 0 Å². The van der Waals surface area contributed by atoms with E-state index in [0.29, 0.717) is 0 Å². The molecule has 0 saturated heterocycles. The number of nitrogens with zero attached hydrogens (tertiary/aromatic N) is 1. The molecular weight excluding hydrogens is 220 g/mol. The van der Waals surface area contributed by atoms with Crippen LogP contribution in [-0.2, 0) is 0 Å². The van der Waals surface area contributed by atoms with E-state index in [1.807, 2.05) is 0 Å². The molecule has 1 aliphatic carbocycles. The fourth-order valence-electron chi connectivity index (χ4n) is 3.32. The van der Waals surface area contributed by atoms with Crippen molar-refractivity contribution in [3.63, 3.8) is 0 Å². The highest BCUT2D eigenvalue weighted by molar-refractivity contribution is 4.92. The maximum atomic E-state index is 6.65.